The van der Waals surface area contributed by atoms with E-state index in [4.69, 9.17) is 23.8 Å². The zero-order chi connectivity index (χ0) is 8.43. The minimum atomic E-state index is 0.486. The van der Waals surface area contributed by atoms with Gasteiger partial charge in [0, 0.05) is 5.56 Å². The van der Waals surface area contributed by atoms with Crippen molar-refractivity contribution in [3.63, 3.8) is 0 Å². The number of rotatable bonds is 0. The van der Waals surface area contributed by atoms with Crippen molar-refractivity contribution in [2.45, 2.75) is 6.92 Å². The molecule has 1 aromatic rings. The van der Waals surface area contributed by atoms with Gasteiger partial charge in [-0.2, -0.15) is 0 Å². The second-order valence-corrected chi connectivity index (χ2v) is 2.76. The molecular weight excluding hydrogens is 158 g/mol. The van der Waals surface area contributed by atoms with Gasteiger partial charge in [-0.3, -0.25) is 0 Å². The first-order valence-corrected chi connectivity index (χ1v) is 3.55. The maximum absolute atomic E-state index is 5.78. The van der Waals surface area contributed by atoms with E-state index in [1.807, 2.05) is 13.0 Å². The average molecular weight is 166 g/mol. The fraction of sp³-hybridized carbons (Fsp3) is 0.111. The van der Waals surface area contributed by atoms with Crippen molar-refractivity contribution in [3.05, 3.63) is 28.3 Å². The second-order valence-electron chi connectivity index (χ2n) is 2.35. The van der Waals surface area contributed by atoms with Crippen molar-refractivity contribution >= 4 is 17.3 Å². The highest BCUT2D eigenvalue weighted by atomic mass is 35.5. The van der Waals surface area contributed by atoms with E-state index in [9.17, 15) is 0 Å². The molecule has 0 unspecified atom stereocenters. The normalized spacial score (nSPS) is 9.18. The van der Waals surface area contributed by atoms with Crippen molar-refractivity contribution < 1.29 is 0 Å². The summed E-state index contributed by atoms with van der Waals surface area (Å²) in [5.74, 6) is 2.47. The molecule has 0 aliphatic rings. The molecule has 0 fully saturated rings. The second kappa shape index (κ2) is 2.86. The van der Waals surface area contributed by atoms with Gasteiger partial charge in [-0.15, -0.1) is 6.42 Å². The summed E-state index contributed by atoms with van der Waals surface area (Å²) in [6.07, 6.45) is 5.20. The number of anilines is 1. The summed E-state index contributed by atoms with van der Waals surface area (Å²) < 4.78 is 0. The molecule has 0 saturated heterocycles. The fourth-order valence-electron chi connectivity index (χ4n) is 0.873. The number of terminal acetylenes is 1. The van der Waals surface area contributed by atoms with Gasteiger partial charge in [0.25, 0.3) is 0 Å². The molecule has 1 aromatic carbocycles. The lowest BCUT2D eigenvalue weighted by Crippen LogP contribution is -1.92. The largest absolute Gasteiger partial charge is 0.397 e. The molecule has 1 rings (SSSR count). The van der Waals surface area contributed by atoms with Crippen LogP contribution in [-0.2, 0) is 0 Å². The van der Waals surface area contributed by atoms with Crippen LogP contribution in [0.25, 0.3) is 0 Å². The summed E-state index contributed by atoms with van der Waals surface area (Å²) in [5, 5.41) is 0.526. The molecule has 0 atom stereocenters. The Hall–Kier alpha value is -1.13. The SMILES string of the molecule is C#Cc1cc(C)cc(Cl)c1N. The summed E-state index contributed by atoms with van der Waals surface area (Å²) in [4.78, 5) is 0. The van der Waals surface area contributed by atoms with E-state index in [2.05, 4.69) is 5.92 Å². The lowest BCUT2D eigenvalue weighted by Gasteiger charge is -2.02. The molecule has 0 bridgehead atoms. The molecule has 2 heteroatoms. The molecule has 0 amide bonds. The lowest BCUT2D eigenvalue weighted by atomic mass is 10.1. The first kappa shape index (κ1) is 7.97. The van der Waals surface area contributed by atoms with Gasteiger partial charge in [0.2, 0.25) is 0 Å². The van der Waals surface area contributed by atoms with E-state index < -0.39 is 0 Å². The summed E-state index contributed by atoms with van der Waals surface area (Å²) >= 11 is 5.78. The Kier molecular flexibility index (Phi) is 2.07. The predicted octanol–water partition coefficient (Wildman–Crippen LogP) is 2.21. The zero-order valence-electron chi connectivity index (χ0n) is 6.19. The van der Waals surface area contributed by atoms with Crippen molar-refractivity contribution in [1.82, 2.24) is 0 Å². The van der Waals surface area contributed by atoms with Crippen molar-refractivity contribution in [3.8, 4) is 12.3 Å². The maximum atomic E-state index is 5.78. The first-order valence-electron chi connectivity index (χ1n) is 3.17. The Morgan fingerprint density at radius 3 is 2.73 bits per heavy atom. The third kappa shape index (κ3) is 1.47. The standard InChI is InChI=1S/C9H8ClN/c1-3-7-4-6(2)5-8(10)9(7)11/h1,4-5H,11H2,2H3. The first-order chi connectivity index (χ1) is 5.15. The Labute approximate surface area is 71.2 Å². The molecule has 0 spiro atoms. The molecule has 0 aliphatic heterocycles. The van der Waals surface area contributed by atoms with Crippen LogP contribution in [0.5, 0.6) is 0 Å². The van der Waals surface area contributed by atoms with Crippen LogP contribution in [0.4, 0.5) is 5.69 Å². The van der Waals surface area contributed by atoms with Crippen LogP contribution in [0.1, 0.15) is 11.1 Å². The lowest BCUT2D eigenvalue weighted by molar-refractivity contribution is 1.45. The highest BCUT2D eigenvalue weighted by Crippen LogP contribution is 2.23. The van der Waals surface area contributed by atoms with Crippen molar-refractivity contribution in [1.29, 1.82) is 0 Å². The maximum Gasteiger partial charge on any atom is 0.0662 e. The van der Waals surface area contributed by atoms with Crippen molar-refractivity contribution in [2.75, 3.05) is 5.73 Å². The monoisotopic (exact) mass is 165 g/mol. The fourth-order valence-corrected chi connectivity index (χ4v) is 1.15. The molecule has 0 radical (unpaired) electrons. The van der Waals surface area contributed by atoms with Gasteiger partial charge in [0.1, 0.15) is 0 Å². The van der Waals surface area contributed by atoms with E-state index in [1.165, 1.54) is 0 Å². The van der Waals surface area contributed by atoms with Gasteiger partial charge < -0.3 is 5.73 Å². The summed E-state index contributed by atoms with van der Waals surface area (Å²) in [5.41, 5.74) is 7.76. The zero-order valence-corrected chi connectivity index (χ0v) is 6.94. The third-order valence-electron chi connectivity index (χ3n) is 1.43. The van der Waals surface area contributed by atoms with Gasteiger partial charge >= 0.3 is 0 Å². The number of nitrogens with two attached hydrogens (primary N) is 1. The van der Waals surface area contributed by atoms with Crippen molar-refractivity contribution in [2.24, 2.45) is 0 Å². The van der Waals surface area contributed by atoms with Crippen LogP contribution < -0.4 is 5.73 Å². The third-order valence-corrected chi connectivity index (χ3v) is 1.74. The molecule has 56 valence electrons. The van der Waals surface area contributed by atoms with Crippen LogP contribution in [0.2, 0.25) is 5.02 Å². The van der Waals surface area contributed by atoms with Gasteiger partial charge in [-0.05, 0) is 24.6 Å². The quantitative estimate of drug-likeness (QED) is 0.463. The van der Waals surface area contributed by atoms with Gasteiger partial charge in [0.15, 0.2) is 0 Å². The predicted molar refractivity (Wildman–Crippen MR) is 48.5 cm³/mol. The van der Waals surface area contributed by atoms with E-state index in [-0.39, 0.29) is 0 Å². The molecule has 0 aromatic heterocycles. The van der Waals surface area contributed by atoms with Gasteiger partial charge in [-0.25, -0.2) is 0 Å². The number of nitrogen functional groups attached to an aromatic ring is 1. The molecule has 0 heterocycles. The van der Waals surface area contributed by atoms with Crippen LogP contribution in [0.3, 0.4) is 0 Å². The van der Waals surface area contributed by atoms with E-state index in [0.717, 1.165) is 5.56 Å². The van der Waals surface area contributed by atoms with Crippen LogP contribution in [0, 0.1) is 19.3 Å². The molecule has 1 nitrogen and oxygen atoms in total. The number of halogens is 1. The summed E-state index contributed by atoms with van der Waals surface area (Å²) in [7, 11) is 0. The Morgan fingerprint density at radius 1 is 1.55 bits per heavy atom. The summed E-state index contributed by atoms with van der Waals surface area (Å²) in [6.45, 7) is 1.92. The Bertz CT molecular complexity index is 323. The topological polar surface area (TPSA) is 26.0 Å². The molecule has 11 heavy (non-hydrogen) atoms. The average Bonchev–Trinajstić information content (AvgIpc) is 1.96. The van der Waals surface area contributed by atoms with Gasteiger partial charge in [-0.1, -0.05) is 17.5 Å². The number of aryl methyl sites for hydroxylation is 1. The van der Waals surface area contributed by atoms with Gasteiger partial charge in [0.05, 0.1) is 10.7 Å². The van der Waals surface area contributed by atoms with E-state index >= 15 is 0 Å². The number of benzene rings is 1. The Morgan fingerprint density at radius 2 is 2.18 bits per heavy atom. The summed E-state index contributed by atoms with van der Waals surface area (Å²) in [6, 6.07) is 3.62. The highest BCUT2D eigenvalue weighted by molar-refractivity contribution is 6.33. The van der Waals surface area contributed by atoms with Crippen LogP contribution in [0.15, 0.2) is 12.1 Å². The smallest absolute Gasteiger partial charge is 0.0662 e. The highest BCUT2D eigenvalue weighted by Gasteiger charge is 2.01. The number of hydrogen-bond donors (Lipinski definition) is 1. The minimum Gasteiger partial charge on any atom is -0.397 e. The van der Waals surface area contributed by atoms with Crippen LogP contribution >= 0.6 is 11.6 Å². The minimum absolute atomic E-state index is 0.486. The van der Waals surface area contributed by atoms with Crippen LogP contribution in [-0.4, -0.2) is 0 Å². The van der Waals surface area contributed by atoms with E-state index in [0.29, 0.717) is 16.3 Å². The molecule has 0 aliphatic carbocycles. The van der Waals surface area contributed by atoms with E-state index in [1.54, 1.807) is 6.07 Å². The molecule has 0 saturated carbocycles. The number of hydrogen-bond acceptors (Lipinski definition) is 1. The molecule has 2 N–H and O–H groups in total. The Balaban J connectivity index is 3.39. The molecular formula is C9H8ClN.